The smallest absolute Gasteiger partial charge is 0.0918 e. The van der Waals surface area contributed by atoms with E-state index in [2.05, 4.69) is 41.0 Å². The van der Waals surface area contributed by atoms with Crippen LogP contribution in [-0.4, -0.2) is 43.5 Å². The van der Waals surface area contributed by atoms with Gasteiger partial charge < -0.3 is 10.6 Å². The first kappa shape index (κ1) is 12.9. The summed E-state index contributed by atoms with van der Waals surface area (Å²) in [5.74, 6) is 0.288. The number of amidine groups is 1. The minimum absolute atomic E-state index is 0.288. The molecule has 0 unspecified atom stereocenters. The van der Waals surface area contributed by atoms with Gasteiger partial charge in [0.1, 0.15) is 0 Å². The summed E-state index contributed by atoms with van der Waals surface area (Å²) in [6, 6.07) is 8.72. The third-order valence-electron chi connectivity index (χ3n) is 3.47. The van der Waals surface area contributed by atoms with Crippen LogP contribution in [-0.2, 0) is 0 Å². The number of hydrogen-bond donors (Lipinski definition) is 2. The topological polar surface area (TPSA) is 56.4 Å². The summed E-state index contributed by atoms with van der Waals surface area (Å²) in [6.45, 7) is 7.25. The van der Waals surface area contributed by atoms with E-state index in [0.717, 1.165) is 32.7 Å². The van der Waals surface area contributed by atoms with Crippen molar-refractivity contribution in [3.63, 3.8) is 0 Å². The van der Waals surface area contributed by atoms with Crippen LogP contribution in [0.2, 0.25) is 0 Å². The van der Waals surface area contributed by atoms with Gasteiger partial charge in [-0.1, -0.05) is 17.7 Å². The van der Waals surface area contributed by atoms with E-state index in [0.29, 0.717) is 6.42 Å². The van der Waals surface area contributed by atoms with Gasteiger partial charge in [-0.25, -0.2) is 0 Å². The average Bonchev–Trinajstić information content (AvgIpc) is 2.38. The van der Waals surface area contributed by atoms with Crippen LogP contribution in [0.3, 0.4) is 0 Å². The molecule has 0 atom stereocenters. The lowest BCUT2D eigenvalue weighted by molar-refractivity contribution is 0.264. The predicted molar refractivity (Wildman–Crippen MR) is 76.4 cm³/mol. The molecular formula is C14H22N4. The van der Waals surface area contributed by atoms with Crippen molar-refractivity contribution in [2.45, 2.75) is 13.3 Å². The van der Waals surface area contributed by atoms with Crippen molar-refractivity contribution in [1.29, 1.82) is 5.41 Å². The van der Waals surface area contributed by atoms with Crippen molar-refractivity contribution in [3.8, 4) is 0 Å². The second kappa shape index (κ2) is 5.87. The molecule has 1 fully saturated rings. The number of anilines is 1. The molecular weight excluding hydrogens is 224 g/mol. The van der Waals surface area contributed by atoms with E-state index in [-0.39, 0.29) is 5.84 Å². The Balaban J connectivity index is 1.83. The van der Waals surface area contributed by atoms with Crippen molar-refractivity contribution in [3.05, 3.63) is 29.8 Å². The van der Waals surface area contributed by atoms with E-state index in [1.165, 1.54) is 11.3 Å². The summed E-state index contributed by atoms with van der Waals surface area (Å²) in [4.78, 5) is 4.80. The normalized spacial score (nSPS) is 16.8. The van der Waals surface area contributed by atoms with Crippen molar-refractivity contribution >= 4 is 11.5 Å². The molecule has 1 aliphatic heterocycles. The maximum Gasteiger partial charge on any atom is 0.0918 e. The zero-order valence-corrected chi connectivity index (χ0v) is 11.0. The molecule has 1 saturated heterocycles. The fraction of sp³-hybridized carbons (Fsp3) is 0.500. The van der Waals surface area contributed by atoms with Gasteiger partial charge in [-0.2, -0.15) is 0 Å². The highest BCUT2D eigenvalue weighted by molar-refractivity contribution is 5.76. The second-order valence-electron chi connectivity index (χ2n) is 4.94. The van der Waals surface area contributed by atoms with Crippen LogP contribution in [0.25, 0.3) is 0 Å². The van der Waals surface area contributed by atoms with Gasteiger partial charge in [-0.05, 0) is 19.1 Å². The van der Waals surface area contributed by atoms with Crippen LogP contribution in [0.15, 0.2) is 24.3 Å². The molecule has 0 radical (unpaired) electrons. The molecule has 98 valence electrons. The molecule has 1 aliphatic rings. The molecule has 0 aromatic heterocycles. The number of nitrogens with two attached hydrogens (primary N) is 1. The SMILES string of the molecule is Cc1ccc(N2CCN(CCC(=N)N)CC2)cc1. The number of piperazine rings is 1. The monoisotopic (exact) mass is 246 g/mol. The molecule has 0 aliphatic carbocycles. The summed E-state index contributed by atoms with van der Waals surface area (Å²) in [5.41, 5.74) is 8.00. The Morgan fingerprint density at radius 2 is 1.78 bits per heavy atom. The van der Waals surface area contributed by atoms with Gasteiger partial charge in [0.2, 0.25) is 0 Å². The summed E-state index contributed by atoms with van der Waals surface area (Å²) in [5, 5.41) is 7.25. The molecule has 0 spiro atoms. The summed E-state index contributed by atoms with van der Waals surface area (Å²) in [6.07, 6.45) is 0.685. The number of benzene rings is 1. The standard InChI is InChI=1S/C14H22N4/c1-12-2-4-13(5-3-12)18-10-8-17(9-11-18)7-6-14(15)16/h2-5H,6-11H2,1H3,(H3,15,16). The van der Waals surface area contributed by atoms with Crippen molar-refractivity contribution in [2.24, 2.45) is 5.73 Å². The van der Waals surface area contributed by atoms with Gasteiger partial charge in [0, 0.05) is 44.8 Å². The first-order valence-corrected chi connectivity index (χ1v) is 6.52. The second-order valence-corrected chi connectivity index (χ2v) is 4.94. The molecule has 0 saturated carbocycles. The minimum atomic E-state index is 0.288. The van der Waals surface area contributed by atoms with Crippen LogP contribution in [0.5, 0.6) is 0 Å². The highest BCUT2D eigenvalue weighted by Gasteiger charge is 2.16. The maximum atomic E-state index is 7.25. The Morgan fingerprint density at radius 3 is 2.33 bits per heavy atom. The third kappa shape index (κ3) is 3.47. The lowest BCUT2D eigenvalue weighted by Crippen LogP contribution is -2.47. The Bertz CT molecular complexity index is 391. The molecule has 4 nitrogen and oxygen atoms in total. The van der Waals surface area contributed by atoms with Crippen LogP contribution in [0, 0.1) is 12.3 Å². The molecule has 2 rings (SSSR count). The fourth-order valence-electron chi connectivity index (χ4n) is 2.26. The molecule has 0 amide bonds. The molecule has 3 N–H and O–H groups in total. The first-order chi connectivity index (χ1) is 8.65. The number of aryl methyl sites for hydroxylation is 1. The highest BCUT2D eigenvalue weighted by Crippen LogP contribution is 2.17. The lowest BCUT2D eigenvalue weighted by Gasteiger charge is -2.36. The Kier molecular flexibility index (Phi) is 4.20. The predicted octanol–water partition coefficient (Wildman–Crippen LogP) is 1.44. The Hall–Kier alpha value is -1.55. The Morgan fingerprint density at radius 1 is 1.17 bits per heavy atom. The van der Waals surface area contributed by atoms with Gasteiger partial charge in [0.25, 0.3) is 0 Å². The number of nitrogens with zero attached hydrogens (tertiary/aromatic N) is 2. The minimum Gasteiger partial charge on any atom is -0.388 e. The van der Waals surface area contributed by atoms with Gasteiger partial charge in [-0.15, -0.1) is 0 Å². The number of hydrogen-bond acceptors (Lipinski definition) is 3. The van der Waals surface area contributed by atoms with Gasteiger partial charge >= 0.3 is 0 Å². The van der Waals surface area contributed by atoms with Gasteiger partial charge in [0.05, 0.1) is 5.84 Å². The van der Waals surface area contributed by atoms with E-state index >= 15 is 0 Å². The van der Waals surface area contributed by atoms with Gasteiger partial charge in [-0.3, -0.25) is 10.3 Å². The van der Waals surface area contributed by atoms with E-state index in [1.807, 2.05) is 0 Å². The number of nitrogens with one attached hydrogen (secondary N) is 1. The summed E-state index contributed by atoms with van der Waals surface area (Å²) in [7, 11) is 0. The van der Waals surface area contributed by atoms with E-state index in [9.17, 15) is 0 Å². The van der Waals surface area contributed by atoms with E-state index in [4.69, 9.17) is 11.1 Å². The van der Waals surface area contributed by atoms with Crippen LogP contribution >= 0.6 is 0 Å². The zero-order valence-electron chi connectivity index (χ0n) is 11.0. The first-order valence-electron chi connectivity index (χ1n) is 6.52. The molecule has 1 heterocycles. The lowest BCUT2D eigenvalue weighted by atomic mass is 10.2. The van der Waals surface area contributed by atoms with Crippen LogP contribution in [0.4, 0.5) is 5.69 Å². The van der Waals surface area contributed by atoms with Gasteiger partial charge in [0.15, 0.2) is 0 Å². The average molecular weight is 246 g/mol. The van der Waals surface area contributed by atoms with E-state index in [1.54, 1.807) is 0 Å². The largest absolute Gasteiger partial charge is 0.388 e. The van der Waals surface area contributed by atoms with E-state index < -0.39 is 0 Å². The van der Waals surface area contributed by atoms with Crippen LogP contribution < -0.4 is 10.6 Å². The Labute approximate surface area is 109 Å². The van der Waals surface area contributed by atoms with Crippen molar-refractivity contribution in [2.75, 3.05) is 37.6 Å². The maximum absolute atomic E-state index is 7.25. The molecule has 1 aromatic rings. The molecule has 4 heteroatoms. The summed E-state index contributed by atoms with van der Waals surface area (Å²) >= 11 is 0. The summed E-state index contributed by atoms with van der Waals surface area (Å²) < 4.78 is 0. The third-order valence-corrected chi connectivity index (χ3v) is 3.47. The quantitative estimate of drug-likeness (QED) is 0.624. The molecule has 18 heavy (non-hydrogen) atoms. The zero-order chi connectivity index (χ0) is 13.0. The van der Waals surface area contributed by atoms with Crippen LogP contribution in [0.1, 0.15) is 12.0 Å². The fourth-order valence-corrected chi connectivity index (χ4v) is 2.26. The highest BCUT2D eigenvalue weighted by atomic mass is 15.3. The van der Waals surface area contributed by atoms with Crippen molar-refractivity contribution in [1.82, 2.24) is 4.90 Å². The van der Waals surface area contributed by atoms with Crippen molar-refractivity contribution < 1.29 is 0 Å². The molecule has 0 bridgehead atoms. The number of rotatable bonds is 4. The molecule has 1 aromatic carbocycles.